The van der Waals surface area contributed by atoms with Crippen LogP contribution in [0.15, 0.2) is 140 Å². The van der Waals surface area contributed by atoms with Gasteiger partial charge in [-0.3, -0.25) is 0 Å². The average Bonchev–Trinajstić information content (AvgIpc) is 3.52. The van der Waals surface area contributed by atoms with Crippen molar-refractivity contribution in [2.75, 3.05) is 0 Å². The Morgan fingerprint density at radius 3 is 1.67 bits per heavy atom. The van der Waals surface area contributed by atoms with Crippen LogP contribution in [0.3, 0.4) is 0 Å². The molecule has 0 atom stereocenters. The zero-order chi connectivity index (χ0) is 30.2. The Bertz CT molecular complexity index is 2600. The van der Waals surface area contributed by atoms with Crippen LogP contribution in [0.25, 0.3) is 88.6 Å². The summed E-state index contributed by atoms with van der Waals surface area (Å²) in [5.41, 5.74) is 7.38. The smallest absolute Gasteiger partial charge is 0.164 e. The number of hydrogen-bond donors (Lipinski definition) is 1. The van der Waals surface area contributed by atoms with Crippen LogP contribution in [0.2, 0.25) is 0 Å². The summed E-state index contributed by atoms with van der Waals surface area (Å²) in [6, 6.07) is 48.0. The van der Waals surface area contributed by atoms with E-state index in [1.807, 2.05) is 72.8 Å². The number of H-pyrrole nitrogens is 1. The van der Waals surface area contributed by atoms with Crippen molar-refractivity contribution in [1.29, 1.82) is 0 Å². The summed E-state index contributed by atoms with van der Waals surface area (Å²) < 4.78 is 6.45. The lowest BCUT2D eigenvalue weighted by atomic mass is 9.90. The van der Waals surface area contributed by atoms with Gasteiger partial charge >= 0.3 is 0 Å². The van der Waals surface area contributed by atoms with Crippen molar-refractivity contribution in [3.63, 3.8) is 0 Å². The second kappa shape index (κ2) is 9.58. The standard InChI is InChI=1S/C41H24N4O/c1-3-10-24(11-4-1)39-43-40(25-12-5-2-6-13-25)45-41(44-39)31-19-18-28(26-14-7-8-15-27(26)31)29-21-23-35-36-30(29)20-22-33-38(36)37-32(42-33)16-9-17-34(37)46-35/h1-23,42H. The van der Waals surface area contributed by atoms with Crippen LogP contribution in [-0.4, -0.2) is 19.9 Å². The molecule has 0 spiro atoms. The highest BCUT2D eigenvalue weighted by molar-refractivity contribution is 6.27. The number of aromatic nitrogens is 4. The van der Waals surface area contributed by atoms with Gasteiger partial charge in [0.05, 0.1) is 10.9 Å². The van der Waals surface area contributed by atoms with Gasteiger partial charge in [0.15, 0.2) is 17.5 Å². The Morgan fingerprint density at radius 2 is 0.935 bits per heavy atom. The first-order chi connectivity index (χ1) is 22.8. The minimum Gasteiger partial charge on any atom is -0.456 e. The van der Waals surface area contributed by atoms with Crippen LogP contribution in [0.5, 0.6) is 11.5 Å². The molecule has 5 heteroatoms. The highest BCUT2D eigenvalue weighted by atomic mass is 16.5. The molecule has 1 aliphatic rings. The molecule has 0 fully saturated rings. The molecule has 3 heterocycles. The van der Waals surface area contributed by atoms with Crippen LogP contribution in [0.4, 0.5) is 0 Å². The van der Waals surface area contributed by atoms with Crippen LogP contribution >= 0.6 is 0 Å². The lowest BCUT2D eigenvalue weighted by molar-refractivity contribution is 0.493. The Labute approximate surface area is 263 Å². The normalized spacial score (nSPS) is 12.1. The SMILES string of the molecule is c1ccc(-c2nc(-c3ccccc3)nc(-c3ccc(-c4ccc5c6c4ccc4[nH]c7cccc(c7c46)O5)c4ccccc34)n2)cc1. The predicted octanol–water partition coefficient (Wildman–Crippen LogP) is 10.6. The van der Waals surface area contributed by atoms with Gasteiger partial charge < -0.3 is 9.72 Å². The summed E-state index contributed by atoms with van der Waals surface area (Å²) in [5.74, 6) is 3.73. The topological polar surface area (TPSA) is 63.7 Å². The monoisotopic (exact) mass is 588 g/mol. The van der Waals surface area contributed by atoms with Crippen LogP contribution in [0, 0.1) is 0 Å². The minimum absolute atomic E-state index is 0.645. The Balaban J connectivity index is 1.21. The first kappa shape index (κ1) is 25.0. The predicted molar refractivity (Wildman–Crippen MR) is 186 cm³/mol. The Hall–Kier alpha value is -6.33. The van der Waals surface area contributed by atoms with E-state index in [-0.39, 0.29) is 0 Å². The maximum absolute atomic E-state index is 6.45. The maximum atomic E-state index is 6.45. The van der Waals surface area contributed by atoms with Crippen LogP contribution in [-0.2, 0) is 0 Å². The zero-order valence-corrected chi connectivity index (χ0v) is 24.5. The molecule has 0 saturated heterocycles. The second-order valence-corrected chi connectivity index (χ2v) is 11.7. The molecule has 7 aromatic carbocycles. The fourth-order valence-corrected chi connectivity index (χ4v) is 7.00. The van der Waals surface area contributed by atoms with Crippen molar-refractivity contribution in [2.24, 2.45) is 0 Å². The Morgan fingerprint density at radius 1 is 0.370 bits per heavy atom. The molecule has 1 aliphatic heterocycles. The summed E-state index contributed by atoms with van der Waals surface area (Å²) in [6.45, 7) is 0. The molecule has 10 rings (SSSR count). The van der Waals surface area contributed by atoms with E-state index < -0.39 is 0 Å². The molecule has 0 aliphatic carbocycles. The molecular formula is C41H24N4O. The van der Waals surface area contributed by atoms with Crippen molar-refractivity contribution in [3.05, 3.63) is 140 Å². The molecule has 5 nitrogen and oxygen atoms in total. The van der Waals surface area contributed by atoms with Crippen molar-refractivity contribution in [3.8, 4) is 56.8 Å². The van der Waals surface area contributed by atoms with Gasteiger partial charge in [-0.1, -0.05) is 109 Å². The molecule has 2 aromatic heterocycles. The van der Waals surface area contributed by atoms with Gasteiger partial charge in [-0.2, -0.15) is 0 Å². The van der Waals surface area contributed by atoms with Gasteiger partial charge in [0.25, 0.3) is 0 Å². The summed E-state index contributed by atoms with van der Waals surface area (Å²) in [6.07, 6.45) is 0. The number of nitrogens with zero attached hydrogens (tertiary/aromatic N) is 3. The maximum Gasteiger partial charge on any atom is 0.164 e. The number of nitrogens with one attached hydrogen (secondary N) is 1. The molecule has 0 saturated carbocycles. The van der Waals surface area contributed by atoms with Gasteiger partial charge in [-0.15, -0.1) is 0 Å². The first-order valence-corrected chi connectivity index (χ1v) is 15.4. The number of hydrogen-bond acceptors (Lipinski definition) is 4. The summed E-state index contributed by atoms with van der Waals surface area (Å²) in [4.78, 5) is 18.6. The molecule has 0 unspecified atom stereocenters. The van der Waals surface area contributed by atoms with Crippen molar-refractivity contribution < 1.29 is 4.74 Å². The highest BCUT2D eigenvalue weighted by Gasteiger charge is 2.23. The third-order valence-corrected chi connectivity index (χ3v) is 9.06. The molecule has 46 heavy (non-hydrogen) atoms. The quantitative estimate of drug-likeness (QED) is 0.222. The number of aromatic amines is 1. The molecule has 1 N–H and O–H groups in total. The molecule has 0 bridgehead atoms. The van der Waals surface area contributed by atoms with Crippen molar-refractivity contribution in [1.82, 2.24) is 19.9 Å². The largest absolute Gasteiger partial charge is 0.456 e. The molecule has 214 valence electrons. The third-order valence-electron chi connectivity index (χ3n) is 9.06. The van der Waals surface area contributed by atoms with E-state index in [4.69, 9.17) is 19.7 Å². The van der Waals surface area contributed by atoms with Crippen LogP contribution in [0.1, 0.15) is 0 Å². The Kier molecular flexibility index (Phi) is 5.22. The third kappa shape index (κ3) is 3.66. The highest BCUT2D eigenvalue weighted by Crippen LogP contribution is 2.49. The second-order valence-electron chi connectivity index (χ2n) is 11.7. The van der Waals surface area contributed by atoms with Gasteiger partial charge in [-0.05, 0) is 57.6 Å². The summed E-state index contributed by atoms with van der Waals surface area (Å²) in [7, 11) is 0. The summed E-state index contributed by atoms with van der Waals surface area (Å²) >= 11 is 0. The first-order valence-electron chi connectivity index (χ1n) is 15.4. The van der Waals surface area contributed by atoms with E-state index >= 15 is 0 Å². The summed E-state index contributed by atoms with van der Waals surface area (Å²) in [5, 5.41) is 6.89. The van der Waals surface area contributed by atoms with E-state index in [1.165, 1.54) is 5.39 Å². The van der Waals surface area contributed by atoms with E-state index in [0.717, 1.165) is 77.3 Å². The van der Waals surface area contributed by atoms with E-state index in [2.05, 4.69) is 71.7 Å². The van der Waals surface area contributed by atoms with E-state index in [9.17, 15) is 0 Å². The molecular weight excluding hydrogens is 564 g/mol. The zero-order valence-electron chi connectivity index (χ0n) is 24.5. The van der Waals surface area contributed by atoms with Gasteiger partial charge in [0.2, 0.25) is 0 Å². The molecule has 0 radical (unpaired) electrons. The minimum atomic E-state index is 0.645. The number of fused-ring (bicyclic) bond motifs is 1. The van der Waals surface area contributed by atoms with Crippen LogP contribution < -0.4 is 4.74 Å². The number of rotatable bonds is 4. The fraction of sp³-hybridized carbons (Fsp3) is 0. The average molecular weight is 589 g/mol. The van der Waals surface area contributed by atoms with Crippen molar-refractivity contribution >= 4 is 43.4 Å². The molecule has 0 amide bonds. The van der Waals surface area contributed by atoms with E-state index in [0.29, 0.717) is 17.5 Å². The van der Waals surface area contributed by atoms with Gasteiger partial charge in [0, 0.05) is 33.0 Å². The lowest BCUT2D eigenvalue weighted by Gasteiger charge is -2.19. The molecule has 9 aromatic rings. The van der Waals surface area contributed by atoms with E-state index in [1.54, 1.807) is 0 Å². The lowest BCUT2D eigenvalue weighted by Crippen LogP contribution is -2.00. The van der Waals surface area contributed by atoms with Gasteiger partial charge in [-0.25, -0.2) is 15.0 Å². The number of benzene rings is 7. The van der Waals surface area contributed by atoms with Gasteiger partial charge in [0.1, 0.15) is 11.5 Å². The number of ether oxygens (including phenoxy) is 1. The van der Waals surface area contributed by atoms with Crippen molar-refractivity contribution in [2.45, 2.75) is 0 Å². The fourth-order valence-electron chi connectivity index (χ4n) is 7.00.